The zero-order valence-electron chi connectivity index (χ0n) is 18.2. The summed E-state index contributed by atoms with van der Waals surface area (Å²) in [5, 5.41) is 8.59. The first-order valence-electron chi connectivity index (χ1n) is 10.5. The first-order chi connectivity index (χ1) is 15.3. The minimum atomic E-state index is -0.784. The summed E-state index contributed by atoms with van der Waals surface area (Å²) < 4.78 is 2.17. The second-order valence-corrected chi connectivity index (χ2v) is 8.69. The fraction of sp³-hybridized carbons (Fsp3) is 0.292. The lowest BCUT2D eigenvalue weighted by Gasteiger charge is -2.20. The van der Waals surface area contributed by atoms with E-state index in [2.05, 4.69) is 33.4 Å². The largest absolute Gasteiger partial charge is 0.347 e. The zero-order valence-corrected chi connectivity index (χ0v) is 19.7. The van der Waals surface area contributed by atoms with E-state index >= 15 is 0 Å². The van der Waals surface area contributed by atoms with Crippen molar-refractivity contribution in [1.29, 1.82) is 0 Å². The Kier molecular flexibility index (Phi) is 7.94. The van der Waals surface area contributed by atoms with Gasteiger partial charge < -0.3 is 9.88 Å². The number of hydrazone groups is 1. The molecule has 0 aliphatic heterocycles. The Bertz CT molecular complexity index is 1150. The van der Waals surface area contributed by atoms with Crippen molar-refractivity contribution in [3.05, 3.63) is 69.8 Å². The second-order valence-electron chi connectivity index (χ2n) is 7.85. The van der Waals surface area contributed by atoms with Crippen LogP contribution in [0.5, 0.6) is 0 Å². The molecule has 6 nitrogen and oxygen atoms in total. The third kappa shape index (κ3) is 5.50. The highest BCUT2D eigenvalue weighted by atomic mass is 35.5. The van der Waals surface area contributed by atoms with Gasteiger partial charge >= 0.3 is 0 Å². The molecule has 2 N–H and O–H groups in total. The average molecular weight is 473 g/mol. The molecule has 168 valence electrons. The van der Waals surface area contributed by atoms with Crippen LogP contribution in [-0.4, -0.2) is 28.6 Å². The maximum atomic E-state index is 12.8. The normalized spacial score (nSPS) is 12.4. The molecule has 8 heteroatoms. The number of para-hydroxylation sites is 1. The number of aromatic nitrogens is 1. The molecule has 2 aromatic carbocycles. The van der Waals surface area contributed by atoms with Gasteiger partial charge in [0.25, 0.3) is 11.8 Å². The zero-order chi connectivity index (χ0) is 23.3. The number of nitrogens with one attached hydrogen (secondary N) is 2. The summed E-state index contributed by atoms with van der Waals surface area (Å²) >= 11 is 12.0. The Morgan fingerprint density at radius 2 is 1.91 bits per heavy atom. The van der Waals surface area contributed by atoms with Crippen LogP contribution < -0.4 is 10.7 Å². The van der Waals surface area contributed by atoms with E-state index in [0.29, 0.717) is 5.02 Å². The number of benzene rings is 2. The van der Waals surface area contributed by atoms with Crippen molar-refractivity contribution in [2.45, 2.75) is 39.8 Å². The number of hydrogen-bond donors (Lipinski definition) is 2. The van der Waals surface area contributed by atoms with Gasteiger partial charge in [0.15, 0.2) is 0 Å². The molecule has 0 radical (unpaired) electrons. The quantitative estimate of drug-likeness (QED) is 0.346. The minimum Gasteiger partial charge on any atom is -0.347 e. The first-order valence-corrected chi connectivity index (χ1v) is 11.2. The molecule has 1 atom stereocenters. The van der Waals surface area contributed by atoms with Gasteiger partial charge in [-0.3, -0.25) is 9.59 Å². The van der Waals surface area contributed by atoms with E-state index in [-0.39, 0.29) is 16.5 Å². The van der Waals surface area contributed by atoms with Crippen molar-refractivity contribution in [2.24, 2.45) is 11.0 Å². The Labute approximate surface area is 197 Å². The smallest absolute Gasteiger partial charge is 0.262 e. The van der Waals surface area contributed by atoms with Crippen LogP contribution in [-0.2, 0) is 11.3 Å². The van der Waals surface area contributed by atoms with Crippen molar-refractivity contribution in [3.8, 4) is 0 Å². The van der Waals surface area contributed by atoms with Gasteiger partial charge in [0.2, 0.25) is 0 Å². The molecule has 0 saturated carbocycles. The van der Waals surface area contributed by atoms with E-state index in [1.54, 1.807) is 12.3 Å². The molecule has 1 unspecified atom stereocenters. The Balaban J connectivity index is 1.72. The SMILES string of the molecule is CCCn1cc(/C=N\NC(=O)C(NC(=O)c2ccc(Cl)cc2Cl)C(C)C)c2ccccc21. The van der Waals surface area contributed by atoms with Crippen LogP contribution in [0.4, 0.5) is 0 Å². The topological polar surface area (TPSA) is 75.5 Å². The molecule has 0 fully saturated rings. The third-order valence-corrected chi connectivity index (χ3v) is 5.62. The van der Waals surface area contributed by atoms with Gasteiger partial charge in [0.1, 0.15) is 6.04 Å². The molecule has 0 aliphatic carbocycles. The lowest BCUT2D eigenvalue weighted by Crippen LogP contribution is -2.48. The lowest BCUT2D eigenvalue weighted by atomic mass is 10.0. The molecule has 0 bridgehead atoms. The van der Waals surface area contributed by atoms with Gasteiger partial charge in [-0.15, -0.1) is 0 Å². The monoisotopic (exact) mass is 472 g/mol. The van der Waals surface area contributed by atoms with Crippen LogP contribution in [0.2, 0.25) is 10.0 Å². The van der Waals surface area contributed by atoms with Crippen LogP contribution in [0.25, 0.3) is 10.9 Å². The number of carbonyl (C=O) groups is 2. The number of nitrogens with zero attached hydrogens (tertiary/aromatic N) is 2. The van der Waals surface area contributed by atoms with Crippen molar-refractivity contribution in [2.75, 3.05) is 0 Å². The molecule has 0 aliphatic rings. The summed E-state index contributed by atoms with van der Waals surface area (Å²) in [6, 6.07) is 11.9. The molecule has 3 aromatic rings. The highest BCUT2D eigenvalue weighted by molar-refractivity contribution is 6.36. The van der Waals surface area contributed by atoms with Gasteiger partial charge in [-0.2, -0.15) is 5.10 Å². The van der Waals surface area contributed by atoms with E-state index < -0.39 is 17.9 Å². The summed E-state index contributed by atoms with van der Waals surface area (Å²) in [5.41, 5.74) is 4.83. The van der Waals surface area contributed by atoms with Crippen molar-refractivity contribution >= 4 is 52.1 Å². The highest BCUT2D eigenvalue weighted by Gasteiger charge is 2.25. The van der Waals surface area contributed by atoms with Crippen LogP contribution >= 0.6 is 23.2 Å². The fourth-order valence-electron chi connectivity index (χ4n) is 3.47. The summed E-state index contributed by atoms with van der Waals surface area (Å²) in [6.45, 7) is 6.71. The summed E-state index contributed by atoms with van der Waals surface area (Å²) in [6.07, 6.45) is 4.66. The fourth-order valence-corrected chi connectivity index (χ4v) is 3.96. The number of halogens is 2. The maximum Gasteiger partial charge on any atom is 0.262 e. The molecule has 1 aromatic heterocycles. The standard InChI is InChI=1S/C24H26Cl2N4O2/c1-4-11-30-14-16(18-7-5-6-8-21(18)30)13-27-29-24(32)22(15(2)3)28-23(31)19-10-9-17(25)12-20(19)26/h5-10,12-15,22H,4,11H2,1-3H3,(H,28,31)(H,29,32)/b27-13-. The average Bonchev–Trinajstić information content (AvgIpc) is 3.09. The van der Waals surface area contributed by atoms with Crippen LogP contribution in [0.15, 0.2) is 53.8 Å². The van der Waals surface area contributed by atoms with E-state index in [4.69, 9.17) is 23.2 Å². The summed E-state index contributed by atoms with van der Waals surface area (Å²) in [7, 11) is 0. The predicted molar refractivity (Wildman–Crippen MR) is 131 cm³/mol. The van der Waals surface area contributed by atoms with Gasteiger partial charge in [0.05, 0.1) is 16.8 Å². The maximum absolute atomic E-state index is 12.8. The molecule has 0 saturated heterocycles. The number of amides is 2. The number of aryl methyl sites for hydroxylation is 1. The van der Waals surface area contributed by atoms with E-state index in [0.717, 1.165) is 29.4 Å². The first kappa shape index (κ1) is 23.8. The van der Waals surface area contributed by atoms with Gasteiger partial charge in [-0.05, 0) is 36.6 Å². The molecule has 32 heavy (non-hydrogen) atoms. The van der Waals surface area contributed by atoms with Crippen molar-refractivity contribution < 1.29 is 9.59 Å². The molecular weight excluding hydrogens is 447 g/mol. The second kappa shape index (κ2) is 10.7. The Morgan fingerprint density at radius 3 is 2.59 bits per heavy atom. The molecule has 2 amide bonds. The number of hydrogen-bond acceptors (Lipinski definition) is 3. The summed E-state index contributed by atoms with van der Waals surface area (Å²) in [4.78, 5) is 25.4. The van der Waals surface area contributed by atoms with Crippen LogP contribution in [0.3, 0.4) is 0 Å². The van der Waals surface area contributed by atoms with E-state index in [9.17, 15) is 9.59 Å². The van der Waals surface area contributed by atoms with E-state index in [1.165, 1.54) is 12.1 Å². The molecular formula is C24H26Cl2N4O2. The number of fused-ring (bicyclic) bond motifs is 1. The third-order valence-electron chi connectivity index (χ3n) is 5.07. The van der Waals surface area contributed by atoms with Crippen molar-refractivity contribution in [1.82, 2.24) is 15.3 Å². The van der Waals surface area contributed by atoms with Gasteiger partial charge in [0, 0.05) is 34.2 Å². The Hall–Kier alpha value is -2.83. The van der Waals surface area contributed by atoms with Gasteiger partial charge in [-0.25, -0.2) is 5.43 Å². The minimum absolute atomic E-state index is 0.160. The van der Waals surface area contributed by atoms with Crippen LogP contribution in [0, 0.1) is 5.92 Å². The van der Waals surface area contributed by atoms with Gasteiger partial charge in [-0.1, -0.05) is 62.2 Å². The highest BCUT2D eigenvalue weighted by Crippen LogP contribution is 2.22. The van der Waals surface area contributed by atoms with Crippen molar-refractivity contribution in [3.63, 3.8) is 0 Å². The Morgan fingerprint density at radius 1 is 1.16 bits per heavy atom. The predicted octanol–water partition coefficient (Wildman–Crippen LogP) is 5.26. The number of carbonyl (C=O) groups excluding carboxylic acids is 2. The molecule has 3 rings (SSSR count). The lowest BCUT2D eigenvalue weighted by molar-refractivity contribution is -0.123. The number of rotatable bonds is 8. The molecule has 0 spiro atoms. The van der Waals surface area contributed by atoms with E-state index in [1.807, 2.05) is 38.2 Å². The summed E-state index contributed by atoms with van der Waals surface area (Å²) in [5.74, 6) is -1.02. The van der Waals surface area contributed by atoms with Crippen LogP contribution in [0.1, 0.15) is 43.1 Å². The molecule has 1 heterocycles.